The van der Waals surface area contributed by atoms with Crippen LogP contribution in [0.1, 0.15) is 52.3 Å². The Morgan fingerprint density at radius 2 is 2.15 bits per heavy atom. The molecule has 2 atom stereocenters. The van der Waals surface area contributed by atoms with Crippen molar-refractivity contribution in [1.29, 1.82) is 0 Å². The average molecular weight is 277 g/mol. The monoisotopic (exact) mass is 277 g/mol. The van der Waals surface area contributed by atoms with E-state index in [2.05, 4.69) is 41.8 Å². The van der Waals surface area contributed by atoms with Crippen molar-refractivity contribution < 1.29 is 0 Å². The summed E-state index contributed by atoms with van der Waals surface area (Å²) in [6.07, 6.45) is 10.6. The van der Waals surface area contributed by atoms with Crippen LogP contribution in [0.4, 0.5) is 0 Å². The van der Waals surface area contributed by atoms with Crippen molar-refractivity contribution in [3.8, 4) is 0 Å². The maximum Gasteiger partial charge on any atom is 0.108 e. The number of nitrogens with zero attached hydrogens (tertiary/aromatic N) is 2. The number of aromatic nitrogens is 2. The lowest BCUT2D eigenvalue weighted by atomic mass is 9.92. The largest absolute Gasteiger partial charge is 0.335 e. The van der Waals surface area contributed by atoms with Gasteiger partial charge in [0.05, 0.1) is 0 Å². The molecule has 3 nitrogen and oxygen atoms in total. The number of hydrogen-bond acceptors (Lipinski definition) is 2. The maximum absolute atomic E-state index is 4.58. The van der Waals surface area contributed by atoms with Gasteiger partial charge in [-0.25, -0.2) is 4.98 Å². The molecule has 0 aliphatic heterocycles. The molecule has 20 heavy (non-hydrogen) atoms. The molecular formula is C17H31N3. The molecule has 2 rings (SSSR count). The van der Waals surface area contributed by atoms with Crippen LogP contribution in [0, 0.1) is 17.8 Å². The molecule has 1 aliphatic carbocycles. The first-order chi connectivity index (χ1) is 9.70. The highest BCUT2D eigenvalue weighted by molar-refractivity contribution is 4.96. The second-order valence-corrected chi connectivity index (χ2v) is 6.74. The van der Waals surface area contributed by atoms with Crippen molar-refractivity contribution in [3.63, 3.8) is 0 Å². The van der Waals surface area contributed by atoms with E-state index >= 15 is 0 Å². The molecular weight excluding hydrogens is 246 g/mol. The molecule has 1 heterocycles. The summed E-state index contributed by atoms with van der Waals surface area (Å²) >= 11 is 0. The lowest BCUT2D eigenvalue weighted by Gasteiger charge is -2.21. The average Bonchev–Trinajstić information content (AvgIpc) is 3.01. The predicted molar refractivity (Wildman–Crippen MR) is 84.8 cm³/mol. The summed E-state index contributed by atoms with van der Waals surface area (Å²) in [4.78, 5) is 4.58. The Labute approximate surface area is 124 Å². The Bertz CT molecular complexity index is 383. The Morgan fingerprint density at radius 1 is 1.35 bits per heavy atom. The van der Waals surface area contributed by atoms with Crippen LogP contribution in [0.15, 0.2) is 12.4 Å². The number of hydrogen-bond donors (Lipinski definition) is 1. The van der Waals surface area contributed by atoms with Crippen LogP contribution >= 0.6 is 0 Å². The number of imidazole rings is 1. The third kappa shape index (κ3) is 4.34. The molecule has 1 fully saturated rings. The van der Waals surface area contributed by atoms with Crippen molar-refractivity contribution in [2.75, 3.05) is 13.1 Å². The smallest absolute Gasteiger partial charge is 0.108 e. The van der Waals surface area contributed by atoms with E-state index in [-0.39, 0.29) is 0 Å². The first kappa shape index (κ1) is 15.6. The molecule has 0 saturated heterocycles. The van der Waals surface area contributed by atoms with Crippen LogP contribution in [0.25, 0.3) is 0 Å². The summed E-state index contributed by atoms with van der Waals surface area (Å²) in [5.41, 5.74) is 0. The molecule has 1 aliphatic rings. The Morgan fingerprint density at radius 3 is 2.90 bits per heavy atom. The van der Waals surface area contributed by atoms with Gasteiger partial charge in [0, 0.05) is 25.4 Å². The van der Waals surface area contributed by atoms with Crippen LogP contribution in [0.2, 0.25) is 0 Å². The number of nitrogens with one attached hydrogen (secondary N) is 1. The molecule has 2 unspecified atom stereocenters. The summed E-state index contributed by atoms with van der Waals surface area (Å²) in [5, 5.41) is 3.65. The normalized spacial score (nSPS) is 22.8. The van der Waals surface area contributed by atoms with Crippen molar-refractivity contribution in [3.05, 3.63) is 18.2 Å². The lowest BCUT2D eigenvalue weighted by Crippen LogP contribution is -2.29. The van der Waals surface area contributed by atoms with Crippen LogP contribution in [0.3, 0.4) is 0 Å². The maximum atomic E-state index is 4.58. The van der Waals surface area contributed by atoms with Crippen LogP contribution < -0.4 is 5.32 Å². The Balaban J connectivity index is 1.85. The minimum Gasteiger partial charge on any atom is -0.335 e. The van der Waals surface area contributed by atoms with Crippen LogP contribution in [0.5, 0.6) is 0 Å². The molecule has 1 aromatic rings. The van der Waals surface area contributed by atoms with Crippen LogP contribution in [-0.4, -0.2) is 22.6 Å². The van der Waals surface area contributed by atoms with Gasteiger partial charge in [-0.1, -0.05) is 27.2 Å². The topological polar surface area (TPSA) is 29.9 Å². The van der Waals surface area contributed by atoms with Gasteiger partial charge in [0.1, 0.15) is 5.82 Å². The van der Waals surface area contributed by atoms with Gasteiger partial charge in [0.25, 0.3) is 0 Å². The summed E-state index contributed by atoms with van der Waals surface area (Å²) in [6.45, 7) is 10.2. The quantitative estimate of drug-likeness (QED) is 0.788. The SMILES string of the molecule is CCCn1ccnc1CC1CCCC1CNCC(C)C. The lowest BCUT2D eigenvalue weighted by molar-refractivity contribution is 0.349. The van der Waals surface area contributed by atoms with E-state index in [1.54, 1.807) is 0 Å². The third-order valence-corrected chi connectivity index (χ3v) is 4.49. The second kappa shape index (κ2) is 7.82. The summed E-state index contributed by atoms with van der Waals surface area (Å²) < 4.78 is 2.34. The van der Waals surface area contributed by atoms with Gasteiger partial charge in [0.15, 0.2) is 0 Å². The number of rotatable bonds is 8. The molecule has 1 saturated carbocycles. The predicted octanol–water partition coefficient (Wildman–Crippen LogP) is 3.50. The Hall–Kier alpha value is -0.830. The highest BCUT2D eigenvalue weighted by Gasteiger charge is 2.28. The molecule has 0 radical (unpaired) electrons. The van der Waals surface area contributed by atoms with Gasteiger partial charge in [-0.05, 0) is 50.1 Å². The van der Waals surface area contributed by atoms with Crippen molar-refractivity contribution in [2.45, 2.75) is 59.4 Å². The third-order valence-electron chi connectivity index (χ3n) is 4.49. The minimum atomic E-state index is 0.748. The zero-order chi connectivity index (χ0) is 14.4. The molecule has 1 aromatic heterocycles. The van der Waals surface area contributed by atoms with Crippen molar-refractivity contribution >= 4 is 0 Å². The molecule has 3 heteroatoms. The zero-order valence-electron chi connectivity index (χ0n) is 13.4. The van der Waals surface area contributed by atoms with Gasteiger partial charge < -0.3 is 9.88 Å². The van der Waals surface area contributed by atoms with Crippen molar-refractivity contribution in [1.82, 2.24) is 14.9 Å². The Kier molecular flexibility index (Phi) is 6.08. The van der Waals surface area contributed by atoms with E-state index < -0.39 is 0 Å². The van der Waals surface area contributed by atoms with E-state index in [0.29, 0.717) is 0 Å². The first-order valence-corrected chi connectivity index (χ1v) is 8.41. The highest BCUT2D eigenvalue weighted by atomic mass is 15.1. The molecule has 0 amide bonds. The first-order valence-electron chi connectivity index (χ1n) is 8.41. The van der Waals surface area contributed by atoms with Gasteiger partial charge >= 0.3 is 0 Å². The minimum absolute atomic E-state index is 0.748. The summed E-state index contributed by atoms with van der Waals surface area (Å²) in [7, 11) is 0. The van der Waals surface area contributed by atoms with Crippen molar-refractivity contribution in [2.24, 2.45) is 17.8 Å². The van der Waals surface area contributed by atoms with E-state index in [0.717, 1.165) is 30.8 Å². The van der Waals surface area contributed by atoms with E-state index in [1.807, 2.05) is 6.20 Å². The highest BCUT2D eigenvalue weighted by Crippen LogP contribution is 2.33. The standard InChI is InChI=1S/C17H31N3/c1-4-9-20-10-8-19-17(20)11-15-6-5-7-16(15)13-18-12-14(2)3/h8,10,14-16,18H,4-7,9,11-13H2,1-3H3. The summed E-state index contributed by atoms with van der Waals surface area (Å²) in [5.74, 6) is 3.72. The van der Waals surface area contributed by atoms with E-state index in [1.165, 1.54) is 44.5 Å². The fraction of sp³-hybridized carbons (Fsp3) is 0.824. The summed E-state index contributed by atoms with van der Waals surface area (Å²) in [6, 6.07) is 0. The van der Waals surface area contributed by atoms with Gasteiger partial charge in [-0.15, -0.1) is 0 Å². The molecule has 1 N–H and O–H groups in total. The van der Waals surface area contributed by atoms with Gasteiger partial charge in [-0.2, -0.15) is 0 Å². The number of aryl methyl sites for hydroxylation is 1. The molecule has 0 aromatic carbocycles. The molecule has 0 spiro atoms. The van der Waals surface area contributed by atoms with E-state index in [9.17, 15) is 0 Å². The fourth-order valence-electron chi connectivity index (χ4n) is 3.42. The zero-order valence-corrected chi connectivity index (χ0v) is 13.4. The van der Waals surface area contributed by atoms with Crippen LogP contribution in [-0.2, 0) is 13.0 Å². The van der Waals surface area contributed by atoms with E-state index in [4.69, 9.17) is 0 Å². The second-order valence-electron chi connectivity index (χ2n) is 6.74. The van der Waals surface area contributed by atoms with Gasteiger partial charge in [0.2, 0.25) is 0 Å². The molecule has 114 valence electrons. The molecule has 0 bridgehead atoms. The van der Waals surface area contributed by atoms with Gasteiger partial charge in [-0.3, -0.25) is 0 Å². The fourth-order valence-corrected chi connectivity index (χ4v) is 3.42.